The van der Waals surface area contributed by atoms with Crippen LogP contribution in [-0.4, -0.2) is 38.4 Å². The van der Waals surface area contributed by atoms with Crippen LogP contribution in [0.25, 0.3) is 0 Å². The van der Waals surface area contributed by atoms with Gasteiger partial charge in [-0.25, -0.2) is 17.6 Å². The molecule has 9 heteroatoms. The molecule has 0 fully saturated rings. The molecule has 0 aliphatic rings. The highest BCUT2D eigenvalue weighted by Crippen LogP contribution is 2.31. The number of esters is 1. The summed E-state index contributed by atoms with van der Waals surface area (Å²) in [5.41, 5.74) is 0. The summed E-state index contributed by atoms with van der Waals surface area (Å²) in [5.74, 6) is -1.41. The van der Waals surface area contributed by atoms with Gasteiger partial charge in [0.15, 0.2) is 9.84 Å². The molecule has 4 nitrogen and oxygen atoms in total. The maximum atomic E-state index is 14.2. The molecule has 0 spiro atoms. The van der Waals surface area contributed by atoms with Gasteiger partial charge in [-0.15, -0.1) is 12.3 Å². The zero-order chi connectivity index (χ0) is 15.3. The molecule has 0 aromatic rings. The summed E-state index contributed by atoms with van der Waals surface area (Å²) in [4.78, 5) is 11.2. The lowest BCUT2D eigenvalue weighted by Crippen LogP contribution is -2.45. The first-order chi connectivity index (χ1) is 8.50. The zero-order valence-electron chi connectivity index (χ0n) is 9.96. The summed E-state index contributed by atoms with van der Waals surface area (Å²) in [7, 11) is -4.27. The fourth-order valence-electron chi connectivity index (χ4n) is 1.18. The van der Waals surface area contributed by atoms with Gasteiger partial charge in [0.05, 0.1) is 19.3 Å². The molecule has 19 heavy (non-hydrogen) atoms. The van der Waals surface area contributed by atoms with Crippen molar-refractivity contribution < 1.29 is 35.5 Å². The van der Waals surface area contributed by atoms with E-state index in [1.807, 2.05) is 5.92 Å². The Bertz CT molecular complexity index is 463. The highest BCUT2D eigenvalue weighted by atomic mass is 32.2. The molecule has 1 unspecified atom stereocenters. The molecule has 0 aromatic carbocycles. The van der Waals surface area contributed by atoms with Crippen molar-refractivity contribution >= 4 is 15.8 Å². The Kier molecular flexibility index (Phi) is 5.81. The van der Waals surface area contributed by atoms with Crippen molar-refractivity contribution in [2.45, 2.75) is 30.4 Å². The first kappa shape index (κ1) is 17.7. The van der Waals surface area contributed by atoms with E-state index in [4.69, 9.17) is 6.42 Å². The van der Waals surface area contributed by atoms with E-state index in [0.717, 1.165) is 7.11 Å². The summed E-state index contributed by atoms with van der Waals surface area (Å²) in [6.07, 6.45) is -3.10. The van der Waals surface area contributed by atoms with Gasteiger partial charge in [0.2, 0.25) is 0 Å². The number of carbonyl (C=O) groups excluding carboxylic acids is 1. The molecule has 0 radical (unpaired) electrons. The summed E-state index contributed by atoms with van der Waals surface area (Å²) in [6.45, 7) is 0. The van der Waals surface area contributed by atoms with Crippen molar-refractivity contribution in [3.05, 3.63) is 0 Å². The third kappa shape index (κ3) is 4.70. The van der Waals surface area contributed by atoms with E-state index in [1.54, 1.807) is 0 Å². The molecule has 0 aromatic heterocycles. The molecule has 0 aliphatic heterocycles. The lowest BCUT2D eigenvalue weighted by molar-refractivity contribution is -0.149. The van der Waals surface area contributed by atoms with Gasteiger partial charge >= 0.3 is 17.1 Å². The molecule has 0 saturated carbocycles. The number of rotatable bonds is 6. The molecule has 110 valence electrons. The number of sulfone groups is 1. The van der Waals surface area contributed by atoms with Gasteiger partial charge in [-0.2, -0.15) is 13.2 Å². The number of hydrogen-bond donors (Lipinski definition) is 0. The summed E-state index contributed by atoms with van der Waals surface area (Å²) in [5, 5.41) is -3.56. The molecule has 0 bridgehead atoms. The monoisotopic (exact) mass is 304 g/mol. The minimum atomic E-state index is -5.00. The van der Waals surface area contributed by atoms with Gasteiger partial charge in [0.25, 0.3) is 0 Å². The number of carbonyl (C=O) groups is 1. The molecule has 0 rings (SSSR count). The molecule has 0 saturated heterocycles. The Morgan fingerprint density at radius 2 is 1.79 bits per heavy atom. The Hall–Kier alpha value is -1.30. The van der Waals surface area contributed by atoms with Crippen molar-refractivity contribution in [2.24, 2.45) is 0 Å². The molecule has 0 heterocycles. The lowest BCUT2D eigenvalue weighted by atomic mass is 10.2. The number of alkyl halides is 4. The van der Waals surface area contributed by atoms with Gasteiger partial charge in [0.1, 0.15) is 0 Å². The van der Waals surface area contributed by atoms with Crippen LogP contribution in [-0.2, 0) is 19.4 Å². The van der Waals surface area contributed by atoms with Crippen LogP contribution in [0.5, 0.6) is 0 Å². The zero-order valence-corrected chi connectivity index (χ0v) is 10.8. The SMILES string of the molecule is C#CCCC(F)(C(=O)OC)S(=O)(=O)CCC(F)(F)F. The van der Waals surface area contributed by atoms with Crippen LogP contribution in [0.3, 0.4) is 0 Å². The van der Waals surface area contributed by atoms with Gasteiger partial charge in [-0.3, -0.25) is 0 Å². The maximum Gasteiger partial charge on any atom is 0.390 e. The topological polar surface area (TPSA) is 60.4 Å². The number of hydrogen-bond acceptors (Lipinski definition) is 4. The van der Waals surface area contributed by atoms with E-state index in [0.29, 0.717) is 0 Å². The van der Waals surface area contributed by atoms with Crippen molar-refractivity contribution in [1.29, 1.82) is 0 Å². The number of methoxy groups -OCH3 is 1. The Labute approximate surface area is 108 Å². The average molecular weight is 304 g/mol. The van der Waals surface area contributed by atoms with Gasteiger partial charge in [-0.1, -0.05) is 0 Å². The van der Waals surface area contributed by atoms with E-state index >= 15 is 0 Å². The number of terminal acetylenes is 1. The smallest absolute Gasteiger partial charge is 0.390 e. The van der Waals surface area contributed by atoms with E-state index in [9.17, 15) is 30.8 Å². The second-order valence-electron chi connectivity index (χ2n) is 3.61. The predicted octanol–water partition coefficient (Wildman–Crippen LogP) is 1.61. The van der Waals surface area contributed by atoms with Crippen molar-refractivity contribution in [2.75, 3.05) is 12.9 Å². The molecular weight excluding hydrogens is 292 g/mol. The van der Waals surface area contributed by atoms with Crippen molar-refractivity contribution in [3.8, 4) is 12.3 Å². The van der Waals surface area contributed by atoms with Crippen LogP contribution in [0.1, 0.15) is 19.3 Å². The third-order valence-corrected chi connectivity index (χ3v) is 4.33. The highest BCUT2D eigenvalue weighted by Gasteiger charge is 2.52. The molecule has 0 N–H and O–H groups in total. The Balaban J connectivity index is 5.26. The van der Waals surface area contributed by atoms with E-state index in [1.165, 1.54) is 0 Å². The Morgan fingerprint density at radius 3 is 2.16 bits per heavy atom. The average Bonchev–Trinajstić information content (AvgIpc) is 2.31. The first-order valence-electron chi connectivity index (χ1n) is 5.00. The largest absolute Gasteiger partial charge is 0.466 e. The van der Waals surface area contributed by atoms with Crippen LogP contribution < -0.4 is 0 Å². The van der Waals surface area contributed by atoms with E-state index in [2.05, 4.69) is 4.74 Å². The second kappa shape index (κ2) is 6.23. The summed E-state index contributed by atoms with van der Waals surface area (Å²) in [6, 6.07) is 0. The normalized spacial score (nSPS) is 15.4. The fourth-order valence-corrected chi connectivity index (χ4v) is 2.76. The molecule has 0 amide bonds. The third-order valence-electron chi connectivity index (χ3n) is 2.23. The quantitative estimate of drug-likeness (QED) is 0.425. The molecular formula is C10H12F4O4S. The summed E-state index contributed by atoms with van der Waals surface area (Å²) < 4.78 is 77.2. The number of ether oxygens (including phenoxy) is 1. The predicted molar refractivity (Wildman–Crippen MR) is 58.4 cm³/mol. The second-order valence-corrected chi connectivity index (χ2v) is 5.89. The first-order valence-corrected chi connectivity index (χ1v) is 6.65. The maximum absolute atomic E-state index is 14.2. The van der Waals surface area contributed by atoms with Crippen LogP contribution in [0, 0.1) is 12.3 Å². The summed E-state index contributed by atoms with van der Waals surface area (Å²) >= 11 is 0. The van der Waals surface area contributed by atoms with Crippen molar-refractivity contribution in [3.63, 3.8) is 0 Å². The van der Waals surface area contributed by atoms with Gasteiger partial charge in [-0.05, 0) is 0 Å². The minimum absolute atomic E-state index is 0.434. The fraction of sp³-hybridized carbons (Fsp3) is 0.700. The standard InChI is InChI=1S/C10H12F4O4S/c1-3-4-5-9(11,8(15)18-2)19(16,17)7-6-10(12,13)14/h1H,4-7H2,2H3. The Morgan fingerprint density at radius 1 is 1.26 bits per heavy atom. The van der Waals surface area contributed by atoms with Crippen LogP contribution in [0.4, 0.5) is 17.6 Å². The van der Waals surface area contributed by atoms with Gasteiger partial charge < -0.3 is 4.74 Å². The number of halogens is 4. The van der Waals surface area contributed by atoms with Crippen LogP contribution >= 0.6 is 0 Å². The van der Waals surface area contributed by atoms with Gasteiger partial charge in [0, 0.05) is 12.8 Å². The van der Waals surface area contributed by atoms with Crippen molar-refractivity contribution in [1.82, 2.24) is 0 Å². The van der Waals surface area contributed by atoms with E-state index in [-0.39, 0.29) is 0 Å². The highest BCUT2D eigenvalue weighted by molar-refractivity contribution is 7.93. The van der Waals surface area contributed by atoms with Crippen LogP contribution in [0.15, 0.2) is 0 Å². The molecule has 0 aliphatic carbocycles. The molecule has 1 atom stereocenters. The lowest BCUT2D eigenvalue weighted by Gasteiger charge is -2.22. The minimum Gasteiger partial charge on any atom is -0.466 e. The van der Waals surface area contributed by atoms with Crippen LogP contribution in [0.2, 0.25) is 0 Å². The van der Waals surface area contributed by atoms with E-state index < -0.39 is 52.0 Å².